The largest absolute Gasteiger partial charge is 0.480 e. The number of rotatable bonds is 5. The Labute approximate surface area is 123 Å². The second kappa shape index (κ2) is 6.52. The molecule has 2 rings (SSSR count). The van der Waals surface area contributed by atoms with E-state index in [1.165, 1.54) is 4.90 Å². The number of carboxylic acids is 1. The average molecular weight is 289 g/mol. The van der Waals surface area contributed by atoms with Gasteiger partial charge in [-0.25, -0.2) is 4.79 Å². The van der Waals surface area contributed by atoms with Crippen molar-refractivity contribution in [1.82, 2.24) is 4.90 Å². The van der Waals surface area contributed by atoms with Crippen LogP contribution in [0.15, 0.2) is 30.3 Å². The van der Waals surface area contributed by atoms with E-state index in [4.69, 9.17) is 5.11 Å². The minimum atomic E-state index is -0.970. The zero-order chi connectivity index (χ0) is 15.4. The molecule has 5 nitrogen and oxygen atoms in total. The summed E-state index contributed by atoms with van der Waals surface area (Å²) in [6.07, 6.45) is 1.29. The molecule has 1 aromatic carbocycles. The van der Waals surface area contributed by atoms with Crippen LogP contribution in [0.3, 0.4) is 0 Å². The number of amides is 1. The third kappa shape index (κ3) is 3.48. The maximum atomic E-state index is 12.3. The maximum Gasteiger partial charge on any atom is 0.326 e. The predicted molar refractivity (Wildman–Crippen MR) is 76.9 cm³/mol. The van der Waals surface area contributed by atoms with Gasteiger partial charge in [-0.1, -0.05) is 37.3 Å². The number of hydrogen-bond donors (Lipinski definition) is 1. The second-order valence-electron chi connectivity index (χ2n) is 5.42. The average Bonchev–Trinajstić information content (AvgIpc) is 2.96. The minimum absolute atomic E-state index is 0.0949. The molecule has 1 fully saturated rings. The monoisotopic (exact) mass is 289 g/mol. The zero-order valence-electron chi connectivity index (χ0n) is 12.0. The van der Waals surface area contributed by atoms with Gasteiger partial charge in [0.05, 0.1) is 0 Å². The Morgan fingerprint density at radius 1 is 1.29 bits per heavy atom. The summed E-state index contributed by atoms with van der Waals surface area (Å²) >= 11 is 0. The highest BCUT2D eigenvalue weighted by molar-refractivity contribution is 5.98. The number of aliphatic carboxylic acids is 1. The lowest BCUT2D eigenvalue weighted by molar-refractivity contribution is -0.149. The van der Waals surface area contributed by atoms with Crippen molar-refractivity contribution in [3.63, 3.8) is 0 Å². The molecule has 0 radical (unpaired) electrons. The molecular formula is C16H19NO4. The van der Waals surface area contributed by atoms with E-state index in [2.05, 4.69) is 0 Å². The van der Waals surface area contributed by atoms with E-state index in [1.807, 2.05) is 6.07 Å². The Morgan fingerprint density at radius 3 is 2.57 bits per heavy atom. The van der Waals surface area contributed by atoms with Crippen LogP contribution in [0.2, 0.25) is 0 Å². The first-order chi connectivity index (χ1) is 10.0. The van der Waals surface area contributed by atoms with E-state index in [1.54, 1.807) is 31.2 Å². The van der Waals surface area contributed by atoms with Crippen LogP contribution < -0.4 is 0 Å². The molecule has 112 valence electrons. The van der Waals surface area contributed by atoms with Crippen molar-refractivity contribution in [1.29, 1.82) is 0 Å². The fraction of sp³-hybridized carbons (Fsp3) is 0.438. The molecule has 1 amide bonds. The van der Waals surface area contributed by atoms with Gasteiger partial charge in [0.15, 0.2) is 5.78 Å². The number of likely N-dealkylation sites (tertiary alicyclic amines) is 1. The number of carboxylic acid groups (broad SMARTS) is 1. The summed E-state index contributed by atoms with van der Waals surface area (Å²) in [5.41, 5.74) is 0.577. The van der Waals surface area contributed by atoms with E-state index in [9.17, 15) is 14.4 Å². The quantitative estimate of drug-likeness (QED) is 0.841. The molecule has 0 saturated carbocycles. The van der Waals surface area contributed by atoms with Crippen LogP contribution in [0, 0.1) is 5.92 Å². The number of nitrogens with zero attached hydrogens (tertiary/aromatic N) is 1. The first-order valence-electron chi connectivity index (χ1n) is 7.12. The summed E-state index contributed by atoms with van der Waals surface area (Å²) in [5, 5.41) is 9.11. The van der Waals surface area contributed by atoms with Gasteiger partial charge in [0, 0.05) is 24.4 Å². The summed E-state index contributed by atoms with van der Waals surface area (Å²) in [4.78, 5) is 37.0. The van der Waals surface area contributed by atoms with E-state index >= 15 is 0 Å². The molecule has 0 bridgehead atoms. The Bertz CT molecular complexity index is 540. The summed E-state index contributed by atoms with van der Waals surface area (Å²) in [6, 6.07) is 8.07. The van der Waals surface area contributed by atoms with Crippen molar-refractivity contribution < 1.29 is 19.5 Å². The van der Waals surface area contributed by atoms with Crippen molar-refractivity contribution in [2.24, 2.45) is 5.92 Å². The third-order valence-electron chi connectivity index (χ3n) is 3.83. The highest BCUT2D eigenvalue weighted by Crippen LogP contribution is 2.22. The van der Waals surface area contributed by atoms with E-state index in [0.29, 0.717) is 24.9 Å². The highest BCUT2D eigenvalue weighted by atomic mass is 16.4. The number of carbonyl (C=O) groups excluding carboxylic acids is 2. The highest BCUT2D eigenvalue weighted by Gasteiger charge is 2.36. The standard InChI is InChI=1S/C16H19NO4/c1-11(10-14(18)12-6-3-2-4-7-12)15(19)17-9-5-8-13(17)16(20)21/h2-4,6-7,11,13H,5,8-10H2,1H3,(H,20,21)/t11-,13-/m0/s1. The SMILES string of the molecule is C[C@@H](CC(=O)c1ccccc1)C(=O)N1CCC[C@H]1C(=O)O. The fourth-order valence-electron chi connectivity index (χ4n) is 2.68. The number of benzene rings is 1. The number of hydrogen-bond acceptors (Lipinski definition) is 3. The van der Waals surface area contributed by atoms with Gasteiger partial charge in [-0.05, 0) is 12.8 Å². The predicted octanol–water partition coefficient (Wildman–Crippen LogP) is 1.97. The molecule has 0 aromatic heterocycles. The van der Waals surface area contributed by atoms with Crippen molar-refractivity contribution >= 4 is 17.7 Å². The molecule has 1 aliphatic heterocycles. The molecule has 1 saturated heterocycles. The number of ketones is 1. The van der Waals surface area contributed by atoms with E-state index in [0.717, 1.165) is 0 Å². The first kappa shape index (κ1) is 15.2. The molecule has 1 heterocycles. The molecule has 1 aliphatic rings. The van der Waals surface area contributed by atoms with Crippen molar-refractivity contribution in [3.8, 4) is 0 Å². The van der Waals surface area contributed by atoms with Gasteiger partial charge in [0.1, 0.15) is 6.04 Å². The summed E-state index contributed by atoms with van der Waals surface area (Å²) in [6.45, 7) is 2.14. The maximum absolute atomic E-state index is 12.3. The van der Waals surface area contributed by atoms with Crippen LogP contribution in [-0.2, 0) is 9.59 Å². The van der Waals surface area contributed by atoms with Gasteiger partial charge < -0.3 is 10.0 Å². The van der Waals surface area contributed by atoms with Crippen LogP contribution in [0.1, 0.15) is 36.5 Å². The molecule has 0 aliphatic carbocycles. The smallest absolute Gasteiger partial charge is 0.326 e. The number of Topliss-reactive ketones (excluding diaryl/α,β-unsaturated/α-hetero) is 1. The van der Waals surface area contributed by atoms with Crippen molar-refractivity contribution in [2.75, 3.05) is 6.54 Å². The topological polar surface area (TPSA) is 74.7 Å². The lowest BCUT2D eigenvalue weighted by Gasteiger charge is -2.24. The van der Waals surface area contributed by atoms with Crippen LogP contribution in [-0.4, -0.2) is 40.3 Å². The van der Waals surface area contributed by atoms with Gasteiger partial charge in [-0.3, -0.25) is 9.59 Å². The van der Waals surface area contributed by atoms with Crippen LogP contribution in [0.25, 0.3) is 0 Å². The van der Waals surface area contributed by atoms with Gasteiger partial charge in [0.25, 0.3) is 0 Å². The normalized spacial score (nSPS) is 19.3. The second-order valence-corrected chi connectivity index (χ2v) is 5.42. The van der Waals surface area contributed by atoms with Gasteiger partial charge in [-0.2, -0.15) is 0 Å². The molecule has 0 spiro atoms. The van der Waals surface area contributed by atoms with Crippen LogP contribution >= 0.6 is 0 Å². The van der Waals surface area contributed by atoms with E-state index < -0.39 is 17.9 Å². The van der Waals surface area contributed by atoms with Gasteiger partial charge in [-0.15, -0.1) is 0 Å². The molecule has 1 N–H and O–H groups in total. The Kier molecular flexibility index (Phi) is 4.73. The molecule has 5 heteroatoms. The van der Waals surface area contributed by atoms with E-state index in [-0.39, 0.29) is 18.1 Å². The first-order valence-corrected chi connectivity index (χ1v) is 7.12. The number of carbonyl (C=O) groups is 3. The molecule has 21 heavy (non-hydrogen) atoms. The summed E-state index contributed by atoms with van der Waals surface area (Å²) < 4.78 is 0. The zero-order valence-corrected chi connectivity index (χ0v) is 12.0. The lowest BCUT2D eigenvalue weighted by atomic mass is 9.98. The molecule has 0 unspecified atom stereocenters. The summed E-state index contributed by atoms with van der Waals surface area (Å²) in [7, 11) is 0. The lowest BCUT2D eigenvalue weighted by Crippen LogP contribution is -2.43. The molecular weight excluding hydrogens is 270 g/mol. The Hall–Kier alpha value is -2.17. The Morgan fingerprint density at radius 2 is 1.95 bits per heavy atom. The molecule has 1 aromatic rings. The van der Waals surface area contributed by atoms with Crippen LogP contribution in [0.5, 0.6) is 0 Å². The Balaban J connectivity index is 2.00. The van der Waals surface area contributed by atoms with Crippen LogP contribution in [0.4, 0.5) is 0 Å². The minimum Gasteiger partial charge on any atom is -0.480 e. The van der Waals surface area contributed by atoms with Gasteiger partial charge >= 0.3 is 5.97 Å². The van der Waals surface area contributed by atoms with Gasteiger partial charge in [0.2, 0.25) is 5.91 Å². The summed E-state index contributed by atoms with van der Waals surface area (Å²) in [5.74, 6) is -1.81. The fourth-order valence-corrected chi connectivity index (χ4v) is 2.68. The van der Waals surface area contributed by atoms with Crippen molar-refractivity contribution in [2.45, 2.75) is 32.2 Å². The third-order valence-corrected chi connectivity index (χ3v) is 3.83. The van der Waals surface area contributed by atoms with Crippen molar-refractivity contribution in [3.05, 3.63) is 35.9 Å². The molecule has 2 atom stereocenters.